The summed E-state index contributed by atoms with van der Waals surface area (Å²) in [6.45, 7) is 4.84. The molecule has 11 aromatic carbocycles. The van der Waals surface area contributed by atoms with Crippen LogP contribution in [0.4, 0.5) is 17.1 Å². The second kappa shape index (κ2) is 16.6. The van der Waals surface area contributed by atoms with Crippen LogP contribution >= 0.6 is 0 Å². The van der Waals surface area contributed by atoms with Crippen molar-refractivity contribution in [1.29, 1.82) is 0 Å². The summed E-state index contributed by atoms with van der Waals surface area (Å²) in [5, 5.41) is 10.5. The van der Waals surface area contributed by atoms with Gasteiger partial charge in [-0.25, -0.2) is 0 Å². The Morgan fingerprint density at radius 1 is 0.357 bits per heavy atom. The van der Waals surface area contributed by atoms with E-state index in [-0.39, 0.29) is 5.41 Å². The van der Waals surface area contributed by atoms with Crippen LogP contribution in [0.3, 0.4) is 0 Å². The first-order valence-corrected chi connectivity index (χ1v) is 26.4. The fraction of sp³-hybridized carbons (Fsp3) is 0.0448. The topological polar surface area (TPSA) is 8.17 Å². The molecule has 1 aromatic heterocycles. The van der Waals surface area contributed by atoms with Gasteiger partial charge in [0.25, 0.3) is 0 Å². The van der Waals surface area contributed by atoms with Gasteiger partial charge in [-0.3, -0.25) is 0 Å². The summed E-state index contributed by atoms with van der Waals surface area (Å²) in [6.07, 6.45) is 0. The second-order valence-corrected chi connectivity index (χ2v) is 23.1. The van der Waals surface area contributed by atoms with Gasteiger partial charge in [-0.1, -0.05) is 214 Å². The molecule has 1 aliphatic carbocycles. The lowest BCUT2D eigenvalue weighted by atomic mass is 9.81. The molecule has 0 radical (unpaired) electrons. The third-order valence-electron chi connectivity index (χ3n) is 15.1. The van der Waals surface area contributed by atoms with Crippen molar-refractivity contribution in [3.8, 4) is 27.9 Å². The van der Waals surface area contributed by atoms with E-state index in [1.807, 2.05) is 0 Å². The summed E-state index contributed by atoms with van der Waals surface area (Å²) in [7, 11) is -2.69. The summed E-state index contributed by atoms with van der Waals surface area (Å²) in [5.41, 5.74) is 14.6. The maximum atomic E-state index is 2.57. The van der Waals surface area contributed by atoms with Gasteiger partial charge in [0.05, 0.1) is 16.7 Å². The summed E-state index contributed by atoms with van der Waals surface area (Å²) >= 11 is 0. The van der Waals surface area contributed by atoms with E-state index in [0.29, 0.717) is 0 Å². The van der Waals surface area contributed by atoms with E-state index in [9.17, 15) is 0 Å². The summed E-state index contributed by atoms with van der Waals surface area (Å²) in [6, 6.07) is 99.2. The van der Waals surface area contributed by atoms with Crippen LogP contribution in [0.1, 0.15) is 25.0 Å². The highest BCUT2D eigenvalue weighted by molar-refractivity contribution is 7.19. The molecule has 0 fully saturated rings. The van der Waals surface area contributed by atoms with Crippen LogP contribution in [-0.2, 0) is 5.41 Å². The number of aromatic nitrogens is 1. The van der Waals surface area contributed by atoms with Crippen molar-refractivity contribution in [2.24, 2.45) is 0 Å². The molecule has 2 nitrogen and oxygen atoms in total. The zero-order valence-corrected chi connectivity index (χ0v) is 40.3. The molecule has 0 saturated heterocycles. The fourth-order valence-electron chi connectivity index (χ4n) is 11.8. The first-order valence-electron chi connectivity index (χ1n) is 24.4. The normalized spacial score (nSPS) is 12.8. The van der Waals surface area contributed by atoms with Crippen LogP contribution in [0, 0.1) is 0 Å². The van der Waals surface area contributed by atoms with Crippen molar-refractivity contribution in [3.63, 3.8) is 0 Å². The minimum Gasteiger partial charge on any atom is -0.310 e. The number of benzene rings is 11. The van der Waals surface area contributed by atoms with Gasteiger partial charge in [-0.2, -0.15) is 0 Å². The third kappa shape index (κ3) is 6.54. The van der Waals surface area contributed by atoms with Crippen molar-refractivity contribution < 1.29 is 0 Å². The number of anilines is 3. The van der Waals surface area contributed by atoms with Crippen molar-refractivity contribution in [2.75, 3.05) is 4.90 Å². The molecule has 1 heterocycles. The Morgan fingerprint density at radius 2 is 0.857 bits per heavy atom. The molecule has 332 valence electrons. The molecule has 0 N–H and O–H groups in total. The van der Waals surface area contributed by atoms with Crippen molar-refractivity contribution in [3.05, 3.63) is 278 Å². The zero-order valence-electron chi connectivity index (χ0n) is 39.3. The van der Waals surface area contributed by atoms with E-state index in [1.54, 1.807) is 0 Å². The van der Waals surface area contributed by atoms with E-state index in [2.05, 4.69) is 290 Å². The van der Waals surface area contributed by atoms with Crippen molar-refractivity contribution in [1.82, 2.24) is 4.57 Å². The van der Waals surface area contributed by atoms with Gasteiger partial charge in [-0.15, -0.1) is 0 Å². The van der Waals surface area contributed by atoms with Crippen LogP contribution in [0.25, 0.3) is 60.5 Å². The number of nitrogens with zero attached hydrogens (tertiary/aromatic N) is 2. The van der Waals surface area contributed by atoms with E-state index in [4.69, 9.17) is 0 Å². The lowest BCUT2D eigenvalue weighted by molar-refractivity contribution is 0.661. The SMILES string of the molecule is CC1(C)c2cc(-c3ccc4c(c3)c3ccccc3n4-c3ccc(N(c4ccccc4)c4cccc5ccccc45)cc3)ccc2-c2ccc([Si](c3ccccc3)(c3ccccc3)c3ccccc3)cc21. The third-order valence-corrected chi connectivity index (χ3v) is 19.9. The number of hydrogen-bond acceptors (Lipinski definition) is 1. The molecule has 0 atom stereocenters. The number of rotatable bonds is 9. The predicted molar refractivity (Wildman–Crippen MR) is 300 cm³/mol. The minimum absolute atomic E-state index is 0.211. The molecule has 13 rings (SSSR count). The Bertz CT molecular complexity index is 3790. The maximum Gasteiger partial charge on any atom is 0.179 e. The fourth-order valence-corrected chi connectivity index (χ4v) is 16.6. The van der Waals surface area contributed by atoms with Gasteiger partial charge >= 0.3 is 0 Å². The molecule has 0 bridgehead atoms. The summed E-state index contributed by atoms with van der Waals surface area (Å²) in [4.78, 5) is 2.37. The summed E-state index contributed by atoms with van der Waals surface area (Å²) < 4.78 is 2.42. The largest absolute Gasteiger partial charge is 0.310 e. The zero-order chi connectivity index (χ0) is 46.8. The molecule has 70 heavy (non-hydrogen) atoms. The quantitative estimate of drug-likeness (QED) is 0.103. The Hall–Kier alpha value is -8.50. The van der Waals surface area contributed by atoms with Crippen LogP contribution in [0.2, 0.25) is 0 Å². The smallest absolute Gasteiger partial charge is 0.179 e. The molecule has 1 aliphatic rings. The lowest BCUT2D eigenvalue weighted by Crippen LogP contribution is -2.74. The van der Waals surface area contributed by atoms with Gasteiger partial charge in [-0.05, 0) is 126 Å². The highest BCUT2D eigenvalue weighted by Crippen LogP contribution is 2.50. The molecule has 3 heteroatoms. The van der Waals surface area contributed by atoms with Gasteiger partial charge in [0.15, 0.2) is 8.07 Å². The van der Waals surface area contributed by atoms with E-state index >= 15 is 0 Å². The Kier molecular flexibility index (Phi) is 9.90. The first kappa shape index (κ1) is 41.7. The monoisotopic (exact) mass is 910 g/mol. The van der Waals surface area contributed by atoms with E-state index in [0.717, 1.165) is 22.7 Å². The molecular weight excluding hydrogens is 861 g/mol. The van der Waals surface area contributed by atoms with Gasteiger partial charge in [0.1, 0.15) is 0 Å². The van der Waals surface area contributed by atoms with Crippen LogP contribution in [0.5, 0.6) is 0 Å². The van der Waals surface area contributed by atoms with E-state index in [1.165, 1.54) is 86.7 Å². The van der Waals surface area contributed by atoms with Crippen LogP contribution in [0.15, 0.2) is 267 Å². The highest BCUT2D eigenvalue weighted by Gasteiger charge is 2.44. The van der Waals surface area contributed by atoms with Gasteiger partial charge < -0.3 is 9.47 Å². The highest BCUT2D eigenvalue weighted by atomic mass is 28.3. The van der Waals surface area contributed by atoms with Gasteiger partial charge in [0, 0.05) is 38.6 Å². The Balaban J connectivity index is 0.887. The molecule has 0 amide bonds. The minimum atomic E-state index is -2.69. The predicted octanol–water partition coefficient (Wildman–Crippen LogP) is 14.8. The Labute approximate surface area is 411 Å². The van der Waals surface area contributed by atoms with Crippen LogP contribution in [-0.4, -0.2) is 12.6 Å². The maximum absolute atomic E-state index is 2.69. The number of hydrogen-bond donors (Lipinski definition) is 0. The molecule has 0 spiro atoms. The van der Waals surface area contributed by atoms with Crippen molar-refractivity contribution in [2.45, 2.75) is 19.3 Å². The standard InChI is InChI=1S/C67H50N2Si/c1-67(2)62-45-49(34-41-58(62)59-42-40-56(46-63(59)67)70(53-24-9-4-10-25-53,54-26-11-5-12-27-54)55-28-13-6-14-29-55)48-35-43-66-61(44-48)60-31-17-18-32-65(60)69(66)52-38-36-51(37-39-52)68(50-22-7-3-8-23-50)64-33-19-21-47-20-15-16-30-57(47)64/h3-46H,1-2H3. The average molecular weight is 911 g/mol. The van der Waals surface area contributed by atoms with Crippen molar-refractivity contribution >= 4 is 78.5 Å². The number of para-hydroxylation sites is 2. The Morgan fingerprint density at radius 3 is 1.53 bits per heavy atom. The molecule has 0 aliphatic heterocycles. The van der Waals surface area contributed by atoms with Crippen LogP contribution < -0.4 is 25.6 Å². The molecule has 0 unspecified atom stereocenters. The summed E-state index contributed by atoms with van der Waals surface area (Å²) in [5.74, 6) is 0. The lowest BCUT2D eigenvalue weighted by Gasteiger charge is -2.35. The first-order chi connectivity index (χ1) is 34.5. The van der Waals surface area contributed by atoms with Gasteiger partial charge in [0.2, 0.25) is 0 Å². The molecular formula is C67H50N2Si. The molecule has 12 aromatic rings. The van der Waals surface area contributed by atoms with E-state index < -0.39 is 8.07 Å². The number of fused-ring (bicyclic) bond motifs is 7. The average Bonchev–Trinajstić information content (AvgIpc) is 3.87. The molecule has 0 saturated carbocycles. The second-order valence-electron chi connectivity index (χ2n) is 19.3.